The third-order valence-electron chi connectivity index (χ3n) is 5.51. The van der Waals surface area contributed by atoms with Gasteiger partial charge in [0.15, 0.2) is 11.5 Å². The standard InChI is InChI=1S/C19H25N3O4/c1-2-20-5-7-21(8-6-20)19(24)15-10-18(23)22(12-15)11-14-3-4-16-17(9-14)26-13-25-16/h3-4,9,15H,2,5-8,10-13H2,1H3. The first-order valence-electron chi connectivity index (χ1n) is 9.31. The summed E-state index contributed by atoms with van der Waals surface area (Å²) in [5, 5.41) is 0. The lowest BCUT2D eigenvalue weighted by Gasteiger charge is -2.35. The molecular weight excluding hydrogens is 334 g/mol. The molecule has 0 aliphatic carbocycles. The van der Waals surface area contributed by atoms with Gasteiger partial charge in [-0.1, -0.05) is 13.0 Å². The van der Waals surface area contributed by atoms with E-state index in [0.717, 1.165) is 49.8 Å². The third kappa shape index (κ3) is 3.35. The quantitative estimate of drug-likeness (QED) is 0.800. The van der Waals surface area contributed by atoms with Crippen LogP contribution in [0, 0.1) is 5.92 Å². The van der Waals surface area contributed by atoms with Crippen LogP contribution in [0.15, 0.2) is 18.2 Å². The number of amides is 2. The Bertz CT molecular complexity index is 700. The number of hydrogen-bond donors (Lipinski definition) is 0. The Kier molecular flexibility index (Phi) is 4.72. The second-order valence-electron chi connectivity index (χ2n) is 7.12. The van der Waals surface area contributed by atoms with E-state index in [0.29, 0.717) is 19.5 Å². The predicted octanol–water partition coefficient (Wildman–Crippen LogP) is 0.928. The van der Waals surface area contributed by atoms with Gasteiger partial charge < -0.3 is 24.2 Å². The molecule has 2 saturated heterocycles. The first-order chi connectivity index (χ1) is 12.6. The second kappa shape index (κ2) is 7.15. The van der Waals surface area contributed by atoms with E-state index < -0.39 is 0 Å². The zero-order valence-electron chi connectivity index (χ0n) is 15.1. The second-order valence-corrected chi connectivity index (χ2v) is 7.12. The number of nitrogens with zero attached hydrogens (tertiary/aromatic N) is 3. The largest absolute Gasteiger partial charge is 0.454 e. The Morgan fingerprint density at radius 1 is 1.15 bits per heavy atom. The maximum Gasteiger partial charge on any atom is 0.231 e. The van der Waals surface area contributed by atoms with E-state index in [9.17, 15) is 9.59 Å². The van der Waals surface area contributed by atoms with Gasteiger partial charge in [0.25, 0.3) is 0 Å². The molecule has 2 amide bonds. The number of likely N-dealkylation sites (N-methyl/N-ethyl adjacent to an activating group) is 1. The minimum absolute atomic E-state index is 0.0493. The van der Waals surface area contributed by atoms with Gasteiger partial charge in [-0.3, -0.25) is 9.59 Å². The van der Waals surface area contributed by atoms with Crippen molar-refractivity contribution in [3.63, 3.8) is 0 Å². The Balaban J connectivity index is 1.35. The van der Waals surface area contributed by atoms with Crippen molar-refractivity contribution in [2.24, 2.45) is 5.92 Å². The van der Waals surface area contributed by atoms with Gasteiger partial charge in [-0.15, -0.1) is 0 Å². The van der Waals surface area contributed by atoms with Gasteiger partial charge in [0.05, 0.1) is 5.92 Å². The van der Waals surface area contributed by atoms with E-state index in [4.69, 9.17) is 9.47 Å². The molecular formula is C19H25N3O4. The number of fused-ring (bicyclic) bond motifs is 1. The van der Waals surface area contributed by atoms with Gasteiger partial charge in [0.2, 0.25) is 18.6 Å². The molecule has 1 atom stereocenters. The summed E-state index contributed by atoms with van der Waals surface area (Å²) in [6.07, 6.45) is 0.317. The van der Waals surface area contributed by atoms with Crippen molar-refractivity contribution in [2.75, 3.05) is 46.1 Å². The summed E-state index contributed by atoms with van der Waals surface area (Å²) in [6.45, 7) is 7.77. The van der Waals surface area contributed by atoms with Crippen molar-refractivity contribution in [1.29, 1.82) is 0 Å². The van der Waals surface area contributed by atoms with Crippen molar-refractivity contribution >= 4 is 11.8 Å². The van der Waals surface area contributed by atoms with Crippen molar-refractivity contribution in [1.82, 2.24) is 14.7 Å². The zero-order valence-corrected chi connectivity index (χ0v) is 15.1. The van der Waals surface area contributed by atoms with E-state index in [-0.39, 0.29) is 24.5 Å². The van der Waals surface area contributed by atoms with Crippen LogP contribution in [0.3, 0.4) is 0 Å². The lowest BCUT2D eigenvalue weighted by Crippen LogP contribution is -2.50. The van der Waals surface area contributed by atoms with Crippen LogP contribution in [0.25, 0.3) is 0 Å². The van der Waals surface area contributed by atoms with Crippen LogP contribution in [0.1, 0.15) is 18.9 Å². The molecule has 3 heterocycles. The highest BCUT2D eigenvalue weighted by molar-refractivity contribution is 5.89. The molecule has 1 aromatic rings. The average molecular weight is 359 g/mol. The zero-order chi connectivity index (χ0) is 18.1. The van der Waals surface area contributed by atoms with Crippen molar-refractivity contribution in [3.8, 4) is 11.5 Å². The van der Waals surface area contributed by atoms with Gasteiger partial charge in [-0.2, -0.15) is 0 Å². The fraction of sp³-hybridized carbons (Fsp3) is 0.579. The number of carbonyl (C=O) groups excluding carboxylic acids is 2. The Morgan fingerprint density at radius 3 is 2.69 bits per heavy atom. The Labute approximate surface area is 153 Å². The molecule has 0 spiro atoms. The van der Waals surface area contributed by atoms with E-state index in [1.54, 1.807) is 4.90 Å². The van der Waals surface area contributed by atoms with Crippen LogP contribution in [-0.4, -0.2) is 72.6 Å². The fourth-order valence-electron chi connectivity index (χ4n) is 3.89. The SMILES string of the molecule is CCN1CCN(C(=O)C2CC(=O)N(Cc3ccc4c(c3)OCO4)C2)CC1. The molecule has 0 N–H and O–H groups in total. The first kappa shape index (κ1) is 17.1. The highest BCUT2D eigenvalue weighted by Crippen LogP contribution is 2.33. The molecule has 1 unspecified atom stereocenters. The minimum atomic E-state index is -0.218. The van der Waals surface area contributed by atoms with E-state index in [1.807, 2.05) is 23.1 Å². The van der Waals surface area contributed by atoms with Gasteiger partial charge in [-0.05, 0) is 24.2 Å². The maximum atomic E-state index is 12.8. The van der Waals surface area contributed by atoms with Crippen LogP contribution in [-0.2, 0) is 16.1 Å². The Morgan fingerprint density at radius 2 is 1.92 bits per heavy atom. The molecule has 0 radical (unpaired) electrons. The summed E-state index contributed by atoms with van der Waals surface area (Å²) in [5.74, 6) is 1.41. The fourth-order valence-corrected chi connectivity index (χ4v) is 3.89. The number of piperazine rings is 1. The molecule has 26 heavy (non-hydrogen) atoms. The van der Waals surface area contributed by atoms with E-state index in [2.05, 4.69) is 11.8 Å². The molecule has 4 rings (SSSR count). The molecule has 140 valence electrons. The monoisotopic (exact) mass is 359 g/mol. The number of likely N-dealkylation sites (tertiary alicyclic amines) is 1. The molecule has 1 aromatic carbocycles. The number of rotatable bonds is 4. The average Bonchev–Trinajstić information content (AvgIpc) is 3.28. The molecule has 3 aliphatic heterocycles. The van der Waals surface area contributed by atoms with Crippen molar-refractivity contribution in [2.45, 2.75) is 19.9 Å². The molecule has 2 fully saturated rings. The van der Waals surface area contributed by atoms with Gasteiger partial charge >= 0.3 is 0 Å². The molecule has 3 aliphatic rings. The molecule has 7 nitrogen and oxygen atoms in total. The van der Waals surface area contributed by atoms with Gasteiger partial charge in [0, 0.05) is 45.7 Å². The number of hydrogen-bond acceptors (Lipinski definition) is 5. The van der Waals surface area contributed by atoms with Crippen LogP contribution in [0.5, 0.6) is 11.5 Å². The number of benzene rings is 1. The minimum Gasteiger partial charge on any atom is -0.454 e. The summed E-state index contributed by atoms with van der Waals surface area (Å²) in [7, 11) is 0. The summed E-state index contributed by atoms with van der Waals surface area (Å²) < 4.78 is 10.7. The van der Waals surface area contributed by atoms with E-state index >= 15 is 0 Å². The molecule has 0 aromatic heterocycles. The van der Waals surface area contributed by atoms with Crippen molar-refractivity contribution < 1.29 is 19.1 Å². The van der Waals surface area contributed by atoms with Crippen LogP contribution in [0.4, 0.5) is 0 Å². The summed E-state index contributed by atoms with van der Waals surface area (Å²) in [5.41, 5.74) is 0.993. The smallest absolute Gasteiger partial charge is 0.231 e. The van der Waals surface area contributed by atoms with Crippen LogP contribution in [0.2, 0.25) is 0 Å². The molecule has 7 heteroatoms. The van der Waals surface area contributed by atoms with Crippen LogP contribution < -0.4 is 9.47 Å². The van der Waals surface area contributed by atoms with Gasteiger partial charge in [-0.25, -0.2) is 0 Å². The van der Waals surface area contributed by atoms with E-state index in [1.165, 1.54) is 0 Å². The normalized spacial score (nSPS) is 23.0. The van der Waals surface area contributed by atoms with Crippen LogP contribution >= 0.6 is 0 Å². The topological polar surface area (TPSA) is 62.3 Å². The predicted molar refractivity (Wildman–Crippen MR) is 94.8 cm³/mol. The lowest BCUT2D eigenvalue weighted by atomic mass is 10.1. The molecule has 0 saturated carbocycles. The third-order valence-corrected chi connectivity index (χ3v) is 5.51. The summed E-state index contributed by atoms with van der Waals surface area (Å²) >= 11 is 0. The maximum absolute atomic E-state index is 12.8. The number of carbonyl (C=O) groups is 2. The van der Waals surface area contributed by atoms with Gasteiger partial charge in [0.1, 0.15) is 0 Å². The Hall–Kier alpha value is -2.28. The highest BCUT2D eigenvalue weighted by atomic mass is 16.7. The number of ether oxygens (including phenoxy) is 2. The first-order valence-corrected chi connectivity index (χ1v) is 9.31. The summed E-state index contributed by atoms with van der Waals surface area (Å²) in [4.78, 5) is 31.2. The highest BCUT2D eigenvalue weighted by Gasteiger charge is 2.37. The lowest BCUT2D eigenvalue weighted by molar-refractivity contribution is -0.137. The van der Waals surface area contributed by atoms with Crippen molar-refractivity contribution in [3.05, 3.63) is 23.8 Å². The summed E-state index contributed by atoms with van der Waals surface area (Å²) in [6, 6.07) is 5.72. The molecule has 0 bridgehead atoms.